The third kappa shape index (κ3) is 2.09. The van der Waals surface area contributed by atoms with Gasteiger partial charge in [0.05, 0.1) is 6.10 Å². The molecule has 0 spiro atoms. The fourth-order valence-electron chi connectivity index (χ4n) is 2.89. The lowest BCUT2D eigenvalue weighted by molar-refractivity contribution is -0.117. The summed E-state index contributed by atoms with van der Waals surface area (Å²) < 4.78 is 5.39. The number of amides is 1. The summed E-state index contributed by atoms with van der Waals surface area (Å²) in [6.07, 6.45) is 1.37. The Morgan fingerprint density at radius 1 is 1.47 bits per heavy atom. The van der Waals surface area contributed by atoms with Crippen molar-refractivity contribution in [1.29, 1.82) is 0 Å². The van der Waals surface area contributed by atoms with E-state index in [1.807, 2.05) is 6.07 Å². The number of anilines is 2. The average molecular weight is 261 g/mol. The highest BCUT2D eigenvalue weighted by molar-refractivity contribution is 6.03. The monoisotopic (exact) mass is 261 g/mol. The van der Waals surface area contributed by atoms with E-state index in [4.69, 9.17) is 4.74 Å². The highest BCUT2D eigenvalue weighted by atomic mass is 16.5. The fraction of sp³-hybridized carbons (Fsp3) is 0.500. The van der Waals surface area contributed by atoms with E-state index >= 15 is 0 Å². The average Bonchev–Trinajstić information content (AvgIpc) is 3.00. The third-order valence-electron chi connectivity index (χ3n) is 4.00. The number of nitrogens with zero attached hydrogens (tertiary/aromatic N) is 1. The molecule has 2 unspecified atom stereocenters. The van der Waals surface area contributed by atoms with Gasteiger partial charge in [-0.3, -0.25) is 4.79 Å². The van der Waals surface area contributed by atoms with Crippen LogP contribution in [-0.4, -0.2) is 39.3 Å². The summed E-state index contributed by atoms with van der Waals surface area (Å²) >= 11 is 0. The molecule has 0 saturated carbocycles. The van der Waals surface area contributed by atoms with Crippen LogP contribution in [0, 0.1) is 0 Å². The van der Waals surface area contributed by atoms with Crippen molar-refractivity contribution in [3.05, 3.63) is 23.8 Å². The van der Waals surface area contributed by atoms with Crippen LogP contribution in [0.15, 0.2) is 18.2 Å². The van der Waals surface area contributed by atoms with Crippen LogP contribution in [0.25, 0.3) is 0 Å². The third-order valence-corrected chi connectivity index (χ3v) is 4.00. The zero-order valence-corrected chi connectivity index (χ0v) is 11.3. The molecular weight excluding hydrogens is 242 g/mol. The molecular formula is C14H19N3O2. The van der Waals surface area contributed by atoms with Gasteiger partial charge >= 0.3 is 0 Å². The lowest BCUT2D eigenvalue weighted by Gasteiger charge is -2.19. The summed E-state index contributed by atoms with van der Waals surface area (Å²) in [4.78, 5) is 14.1. The molecule has 5 heteroatoms. The number of rotatable bonds is 3. The molecule has 2 aliphatic heterocycles. The maximum Gasteiger partial charge on any atom is 0.246 e. The van der Waals surface area contributed by atoms with Crippen LogP contribution < -0.4 is 15.5 Å². The number of benzene rings is 1. The quantitative estimate of drug-likeness (QED) is 0.856. The Labute approximate surface area is 112 Å². The first-order chi connectivity index (χ1) is 9.22. The molecule has 2 aliphatic rings. The van der Waals surface area contributed by atoms with Crippen LogP contribution in [0.5, 0.6) is 0 Å². The van der Waals surface area contributed by atoms with Crippen LogP contribution in [0.3, 0.4) is 0 Å². The van der Waals surface area contributed by atoms with E-state index in [0.717, 1.165) is 36.4 Å². The minimum absolute atomic E-state index is 0.0193. The van der Waals surface area contributed by atoms with Crippen molar-refractivity contribution < 1.29 is 9.53 Å². The molecule has 0 aromatic heterocycles. The lowest BCUT2D eigenvalue weighted by atomic mass is 10.1. The molecule has 0 radical (unpaired) electrons. The van der Waals surface area contributed by atoms with Crippen molar-refractivity contribution in [2.75, 3.05) is 37.5 Å². The number of nitrogens with one attached hydrogen (secondary N) is 2. The van der Waals surface area contributed by atoms with Crippen molar-refractivity contribution in [3.63, 3.8) is 0 Å². The number of methoxy groups -OCH3 is 1. The van der Waals surface area contributed by atoms with E-state index in [1.54, 1.807) is 14.2 Å². The molecule has 0 bridgehead atoms. The number of hydrogen-bond donors (Lipinski definition) is 2. The van der Waals surface area contributed by atoms with E-state index in [9.17, 15) is 4.79 Å². The SMILES string of the molecule is CNC1C(=O)Nc2cc(N3CCC(OC)C3)ccc21. The molecule has 2 N–H and O–H groups in total. The first kappa shape index (κ1) is 12.4. The van der Waals surface area contributed by atoms with Crippen LogP contribution in [0.2, 0.25) is 0 Å². The van der Waals surface area contributed by atoms with Gasteiger partial charge in [0.25, 0.3) is 0 Å². The second-order valence-corrected chi connectivity index (χ2v) is 5.07. The number of carbonyl (C=O) groups excluding carboxylic acids is 1. The van der Waals surface area contributed by atoms with Crippen LogP contribution in [0.4, 0.5) is 11.4 Å². The van der Waals surface area contributed by atoms with Gasteiger partial charge in [-0.15, -0.1) is 0 Å². The molecule has 5 nitrogen and oxygen atoms in total. The van der Waals surface area contributed by atoms with E-state index in [2.05, 4.69) is 27.7 Å². The molecule has 1 amide bonds. The summed E-state index contributed by atoms with van der Waals surface area (Å²) in [6.45, 7) is 1.92. The van der Waals surface area contributed by atoms with E-state index < -0.39 is 0 Å². The van der Waals surface area contributed by atoms with Crippen molar-refractivity contribution in [2.45, 2.75) is 18.6 Å². The Balaban J connectivity index is 1.84. The van der Waals surface area contributed by atoms with Gasteiger partial charge in [0.15, 0.2) is 0 Å². The molecule has 2 heterocycles. The van der Waals surface area contributed by atoms with Crippen molar-refractivity contribution in [1.82, 2.24) is 5.32 Å². The molecule has 2 atom stereocenters. The largest absolute Gasteiger partial charge is 0.380 e. The Kier molecular flexibility index (Phi) is 3.16. The highest BCUT2D eigenvalue weighted by Gasteiger charge is 2.30. The first-order valence-corrected chi connectivity index (χ1v) is 6.62. The predicted molar refractivity (Wildman–Crippen MR) is 74.5 cm³/mol. The number of ether oxygens (including phenoxy) is 1. The summed E-state index contributed by atoms with van der Waals surface area (Å²) in [7, 11) is 3.56. The van der Waals surface area contributed by atoms with Crippen molar-refractivity contribution in [2.24, 2.45) is 0 Å². The van der Waals surface area contributed by atoms with Gasteiger partial charge in [0, 0.05) is 37.1 Å². The Hall–Kier alpha value is -1.59. The zero-order valence-electron chi connectivity index (χ0n) is 11.3. The van der Waals surface area contributed by atoms with Crippen LogP contribution in [0.1, 0.15) is 18.0 Å². The number of hydrogen-bond acceptors (Lipinski definition) is 4. The normalized spacial score (nSPS) is 25.6. The summed E-state index contributed by atoms with van der Waals surface area (Å²) in [5, 5.41) is 5.96. The van der Waals surface area contributed by atoms with Gasteiger partial charge in [-0.25, -0.2) is 0 Å². The van der Waals surface area contributed by atoms with E-state index in [-0.39, 0.29) is 11.9 Å². The second kappa shape index (κ2) is 4.83. The fourth-order valence-corrected chi connectivity index (χ4v) is 2.89. The zero-order chi connectivity index (χ0) is 13.4. The van der Waals surface area contributed by atoms with Gasteiger partial charge in [0.2, 0.25) is 5.91 Å². The highest BCUT2D eigenvalue weighted by Crippen LogP contribution is 2.34. The van der Waals surface area contributed by atoms with Crippen LogP contribution in [-0.2, 0) is 9.53 Å². The molecule has 1 aromatic rings. The van der Waals surface area contributed by atoms with E-state index in [0.29, 0.717) is 6.10 Å². The molecule has 0 aliphatic carbocycles. The first-order valence-electron chi connectivity index (χ1n) is 6.62. The molecule has 102 valence electrons. The second-order valence-electron chi connectivity index (χ2n) is 5.07. The maximum absolute atomic E-state index is 11.8. The van der Waals surface area contributed by atoms with Gasteiger partial charge in [-0.05, 0) is 25.6 Å². The summed E-state index contributed by atoms with van der Waals surface area (Å²) in [6, 6.07) is 5.95. The van der Waals surface area contributed by atoms with Crippen molar-refractivity contribution in [3.8, 4) is 0 Å². The Morgan fingerprint density at radius 3 is 3.00 bits per heavy atom. The minimum atomic E-state index is -0.227. The van der Waals surface area contributed by atoms with Gasteiger partial charge in [0.1, 0.15) is 6.04 Å². The Morgan fingerprint density at radius 2 is 2.32 bits per heavy atom. The maximum atomic E-state index is 11.8. The molecule has 1 aromatic carbocycles. The number of carbonyl (C=O) groups is 1. The number of fused-ring (bicyclic) bond motifs is 1. The summed E-state index contributed by atoms with van der Waals surface area (Å²) in [5.41, 5.74) is 3.09. The van der Waals surface area contributed by atoms with Gasteiger partial charge in [-0.1, -0.05) is 6.07 Å². The minimum Gasteiger partial charge on any atom is -0.380 e. The van der Waals surface area contributed by atoms with Crippen molar-refractivity contribution >= 4 is 17.3 Å². The molecule has 3 rings (SSSR count). The lowest BCUT2D eigenvalue weighted by Crippen LogP contribution is -2.23. The molecule has 19 heavy (non-hydrogen) atoms. The predicted octanol–water partition coefficient (Wildman–Crippen LogP) is 1.12. The Bertz CT molecular complexity index is 503. The smallest absolute Gasteiger partial charge is 0.246 e. The molecule has 1 fully saturated rings. The summed E-state index contributed by atoms with van der Waals surface area (Å²) in [5.74, 6) is 0.0193. The van der Waals surface area contributed by atoms with E-state index in [1.165, 1.54) is 0 Å². The molecule has 1 saturated heterocycles. The number of likely N-dealkylation sites (N-methyl/N-ethyl adjacent to an activating group) is 1. The standard InChI is InChI=1S/C14H19N3O2/c1-15-13-11-4-3-9(7-12(11)16-14(13)18)17-6-5-10(8-17)19-2/h3-4,7,10,13,15H,5-6,8H2,1-2H3,(H,16,18). The van der Waals surface area contributed by atoms with Crippen LogP contribution >= 0.6 is 0 Å². The topological polar surface area (TPSA) is 53.6 Å². The van der Waals surface area contributed by atoms with Gasteiger partial charge < -0.3 is 20.3 Å². The van der Waals surface area contributed by atoms with Gasteiger partial charge in [-0.2, -0.15) is 0 Å².